The standard InChI is InChI=1S/C24H25F3N4O2/c1-12-9-13(10-18(28)23(12)32)14-7-8-29-11-20(14)31-24(33)19-6-5-17(27)22(30-19)21-15(25)3-2-4-16(21)26/h2-8,11-14,18,20,23,32H,9-10,28H2,1H3,(H,31,33)/t12-,13+,14?,18+,20?,23-/m1/s1. The smallest absolute Gasteiger partial charge is 0.270 e. The minimum Gasteiger partial charge on any atom is -0.391 e. The van der Waals surface area contributed by atoms with E-state index in [1.807, 2.05) is 13.0 Å². The van der Waals surface area contributed by atoms with Crippen LogP contribution in [0.1, 0.15) is 30.3 Å². The number of pyridine rings is 1. The molecule has 0 radical (unpaired) electrons. The van der Waals surface area contributed by atoms with Crippen LogP contribution in [0.2, 0.25) is 0 Å². The van der Waals surface area contributed by atoms with Crippen LogP contribution in [0.3, 0.4) is 0 Å². The summed E-state index contributed by atoms with van der Waals surface area (Å²) in [6.07, 6.45) is 5.90. The zero-order valence-electron chi connectivity index (χ0n) is 18.0. The second-order valence-electron chi connectivity index (χ2n) is 8.70. The number of hydrogen-bond donors (Lipinski definition) is 3. The van der Waals surface area contributed by atoms with Crippen LogP contribution < -0.4 is 11.1 Å². The van der Waals surface area contributed by atoms with E-state index in [0.29, 0.717) is 6.42 Å². The van der Waals surface area contributed by atoms with Gasteiger partial charge in [-0.05, 0) is 48.9 Å². The topological polar surface area (TPSA) is 101 Å². The van der Waals surface area contributed by atoms with E-state index in [1.54, 1.807) is 12.4 Å². The fraction of sp³-hybridized carbons (Fsp3) is 0.375. The molecule has 2 aliphatic rings. The number of hydrogen-bond acceptors (Lipinski definition) is 5. The Morgan fingerprint density at radius 1 is 1.12 bits per heavy atom. The zero-order chi connectivity index (χ0) is 23.7. The quantitative estimate of drug-likeness (QED) is 0.655. The maximum atomic E-state index is 14.4. The van der Waals surface area contributed by atoms with Gasteiger partial charge in [0, 0.05) is 24.4 Å². The van der Waals surface area contributed by atoms with Crippen LogP contribution in [0.4, 0.5) is 13.2 Å². The third kappa shape index (κ3) is 4.69. The molecule has 1 aromatic heterocycles. The highest BCUT2D eigenvalue weighted by Crippen LogP contribution is 2.36. The van der Waals surface area contributed by atoms with Gasteiger partial charge in [-0.25, -0.2) is 18.2 Å². The summed E-state index contributed by atoms with van der Waals surface area (Å²) in [4.78, 5) is 21.0. The molecule has 2 unspecified atom stereocenters. The number of carbonyl (C=O) groups is 1. The molecule has 1 amide bonds. The van der Waals surface area contributed by atoms with Crippen molar-refractivity contribution >= 4 is 12.1 Å². The summed E-state index contributed by atoms with van der Waals surface area (Å²) >= 11 is 0. The van der Waals surface area contributed by atoms with Crippen LogP contribution in [0.15, 0.2) is 47.6 Å². The van der Waals surface area contributed by atoms with Gasteiger partial charge in [-0.15, -0.1) is 0 Å². The highest BCUT2D eigenvalue weighted by Gasteiger charge is 2.38. The van der Waals surface area contributed by atoms with E-state index >= 15 is 0 Å². The van der Waals surface area contributed by atoms with Gasteiger partial charge in [-0.3, -0.25) is 9.79 Å². The van der Waals surface area contributed by atoms with Crippen molar-refractivity contribution in [2.24, 2.45) is 28.5 Å². The van der Waals surface area contributed by atoms with Gasteiger partial charge in [0.05, 0.1) is 17.7 Å². The summed E-state index contributed by atoms with van der Waals surface area (Å²) in [6, 6.07) is 4.42. The van der Waals surface area contributed by atoms with Gasteiger partial charge in [-0.2, -0.15) is 0 Å². The lowest BCUT2D eigenvalue weighted by Crippen LogP contribution is -2.51. The Kier molecular flexibility index (Phi) is 6.62. The van der Waals surface area contributed by atoms with Crippen molar-refractivity contribution < 1.29 is 23.1 Å². The predicted molar refractivity (Wildman–Crippen MR) is 118 cm³/mol. The Balaban J connectivity index is 1.56. The van der Waals surface area contributed by atoms with Crippen LogP contribution in [0, 0.1) is 35.2 Å². The Morgan fingerprint density at radius 3 is 2.55 bits per heavy atom. The summed E-state index contributed by atoms with van der Waals surface area (Å²) in [7, 11) is 0. The van der Waals surface area contributed by atoms with E-state index in [0.717, 1.165) is 36.8 Å². The number of rotatable bonds is 4. The number of benzene rings is 1. The molecule has 4 rings (SSSR count). The Labute approximate surface area is 189 Å². The van der Waals surface area contributed by atoms with Crippen molar-refractivity contribution in [3.05, 3.63) is 65.8 Å². The van der Waals surface area contributed by atoms with Gasteiger partial charge in [0.25, 0.3) is 5.91 Å². The number of aromatic nitrogens is 1. The van der Waals surface area contributed by atoms with E-state index in [1.165, 1.54) is 0 Å². The molecule has 0 spiro atoms. The Hall–Kier alpha value is -3.04. The average molecular weight is 458 g/mol. The first-order chi connectivity index (χ1) is 15.8. The first kappa shape index (κ1) is 23.1. The largest absolute Gasteiger partial charge is 0.391 e. The van der Waals surface area contributed by atoms with Crippen LogP contribution >= 0.6 is 0 Å². The summed E-state index contributed by atoms with van der Waals surface area (Å²) < 4.78 is 42.7. The van der Waals surface area contributed by atoms with Crippen LogP contribution in [-0.2, 0) is 0 Å². The molecule has 1 fully saturated rings. The molecule has 2 heterocycles. The number of nitrogens with two attached hydrogens (primary N) is 1. The normalized spacial score (nSPS) is 29.2. The fourth-order valence-corrected chi connectivity index (χ4v) is 4.73. The number of carbonyl (C=O) groups excluding carboxylic acids is 1. The molecule has 174 valence electrons. The van der Waals surface area contributed by atoms with E-state index in [-0.39, 0.29) is 29.5 Å². The summed E-state index contributed by atoms with van der Waals surface area (Å²) in [5.41, 5.74) is 4.72. The molecular weight excluding hydrogens is 433 g/mol. The van der Waals surface area contributed by atoms with E-state index < -0.39 is 46.8 Å². The van der Waals surface area contributed by atoms with Gasteiger partial charge in [0.1, 0.15) is 28.8 Å². The fourth-order valence-electron chi connectivity index (χ4n) is 4.73. The number of aliphatic hydroxyl groups is 1. The van der Waals surface area contributed by atoms with Gasteiger partial charge in [-0.1, -0.05) is 19.1 Å². The van der Waals surface area contributed by atoms with Crippen molar-refractivity contribution in [3.8, 4) is 11.3 Å². The molecular formula is C24H25F3N4O2. The molecule has 0 saturated heterocycles. The molecule has 1 aliphatic heterocycles. The first-order valence-electron chi connectivity index (χ1n) is 10.8. The maximum absolute atomic E-state index is 14.4. The highest BCUT2D eigenvalue weighted by molar-refractivity contribution is 5.95. The molecule has 6 nitrogen and oxygen atoms in total. The molecule has 1 aromatic carbocycles. The number of amides is 1. The third-order valence-electron chi connectivity index (χ3n) is 6.45. The molecule has 0 bridgehead atoms. The first-order valence-corrected chi connectivity index (χ1v) is 10.8. The number of aliphatic hydroxyl groups excluding tert-OH is 1. The number of aliphatic imine (C=N–C) groups is 1. The van der Waals surface area contributed by atoms with Crippen molar-refractivity contribution in [1.82, 2.24) is 10.3 Å². The van der Waals surface area contributed by atoms with Gasteiger partial charge in [0.2, 0.25) is 0 Å². The second-order valence-corrected chi connectivity index (χ2v) is 8.70. The number of nitrogens with zero attached hydrogens (tertiary/aromatic N) is 2. The number of halogens is 3. The van der Waals surface area contributed by atoms with Gasteiger partial charge >= 0.3 is 0 Å². The minimum atomic E-state index is -0.978. The van der Waals surface area contributed by atoms with Gasteiger partial charge in [0.15, 0.2) is 0 Å². The predicted octanol–water partition coefficient (Wildman–Crippen LogP) is 3.21. The van der Waals surface area contributed by atoms with E-state index in [2.05, 4.69) is 15.3 Å². The summed E-state index contributed by atoms with van der Waals surface area (Å²) in [6.45, 7) is 1.94. The van der Waals surface area contributed by atoms with Crippen molar-refractivity contribution in [2.75, 3.05) is 0 Å². The number of nitrogens with one attached hydrogen (secondary N) is 1. The highest BCUT2D eigenvalue weighted by atomic mass is 19.1. The summed E-state index contributed by atoms with van der Waals surface area (Å²) in [5.74, 6) is -3.52. The van der Waals surface area contributed by atoms with Crippen LogP contribution in [0.25, 0.3) is 11.3 Å². The molecule has 2 aromatic rings. The molecule has 6 atom stereocenters. The van der Waals surface area contributed by atoms with Gasteiger partial charge < -0.3 is 16.2 Å². The van der Waals surface area contributed by atoms with Crippen LogP contribution in [-0.4, -0.2) is 40.4 Å². The molecule has 1 aliphatic carbocycles. The van der Waals surface area contributed by atoms with Crippen molar-refractivity contribution in [3.63, 3.8) is 0 Å². The van der Waals surface area contributed by atoms with Crippen molar-refractivity contribution in [2.45, 2.75) is 38.0 Å². The second kappa shape index (κ2) is 9.44. The zero-order valence-corrected chi connectivity index (χ0v) is 18.0. The van der Waals surface area contributed by atoms with E-state index in [4.69, 9.17) is 5.73 Å². The van der Waals surface area contributed by atoms with Crippen molar-refractivity contribution in [1.29, 1.82) is 0 Å². The molecule has 33 heavy (non-hydrogen) atoms. The third-order valence-corrected chi connectivity index (χ3v) is 6.45. The molecule has 4 N–H and O–H groups in total. The monoisotopic (exact) mass is 458 g/mol. The minimum absolute atomic E-state index is 0.0133. The lowest BCUT2D eigenvalue weighted by molar-refractivity contribution is 0.0273. The Morgan fingerprint density at radius 2 is 1.85 bits per heavy atom. The lowest BCUT2D eigenvalue weighted by atomic mass is 9.70. The maximum Gasteiger partial charge on any atom is 0.270 e. The lowest BCUT2D eigenvalue weighted by Gasteiger charge is -2.41. The van der Waals surface area contributed by atoms with Crippen LogP contribution in [0.5, 0.6) is 0 Å². The van der Waals surface area contributed by atoms with E-state index in [9.17, 15) is 23.1 Å². The average Bonchev–Trinajstić information content (AvgIpc) is 2.78. The summed E-state index contributed by atoms with van der Waals surface area (Å²) in [5, 5.41) is 13.0. The SMILES string of the molecule is C[C@@H]1C[C@H](C2C=CN=CC2NC(=O)c2ccc(F)c(-c3c(F)cccc3F)n2)C[C@H](N)[C@@H]1O. The molecule has 1 saturated carbocycles. The Bertz CT molecular complexity index is 1070. The molecule has 9 heteroatoms.